The molecular weight excluding hydrogens is 234 g/mol. The zero-order valence-electron chi connectivity index (χ0n) is 11.4. The van der Waals surface area contributed by atoms with Crippen molar-refractivity contribution in [3.8, 4) is 0 Å². The first-order valence-electron chi connectivity index (χ1n) is 6.38. The molecule has 2 amide bonds. The highest BCUT2D eigenvalue weighted by atomic mass is 16.5. The minimum atomic E-state index is -0.551. The third kappa shape index (κ3) is 4.62. The Kier molecular flexibility index (Phi) is 5.55. The average molecular weight is 257 g/mol. The molecule has 1 aliphatic rings. The molecule has 104 valence electrons. The summed E-state index contributed by atoms with van der Waals surface area (Å²) in [4.78, 5) is 25.1. The molecule has 0 bridgehead atoms. The molecule has 0 atom stereocenters. The topological polar surface area (TPSA) is 70.7 Å². The van der Waals surface area contributed by atoms with Gasteiger partial charge < -0.3 is 20.3 Å². The van der Waals surface area contributed by atoms with E-state index in [1.807, 2.05) is 20.8 Å². The summed E-state index contributed by atoms with van der Waals surface area (Å²) in [7, 11) is 0. The Morgan fingerprint density at radius 3 is 2.50 bits per heavy atom. The average Bonchev–Trinajstić information content (AvgIpc) is 2.36. The predicted octanol–water partition coefficient (Wildman–Crippen LogP) is -0.650. The fourth-order valence-corrected chi connectivity index (χ4v) is 1.82. The number of hydrogen-bond donors (Lipinski definition) is 2. The number of piperazine rings is 1. The maximum absolute atomic E-state index is 11.8. The van der Waals surface area contributed by atoms with Crippen LogP contribution in [0.4, 0.5) is 0 Å². The molecule has 0 aliphatic carbocycles. The second kappa shape index (κ2) is 6.70. The van der Waals surface area contributed by atoms with E-state index in [-0.39, 0.29) is 0 Å². The normalized spacial score (nSPS) is 16.5. The summed E-state index contributed by atoms with van der Waals surface area (Å²) in [6, 6.07) is 0. The van der Waals surface area contributed by atoms with E-state index in [1.54, 1.807) is 4.90 Å². The number of ether oxygens (including phenoxy) is 1. The first kappa shape index (κ1) is 14.9. The summed E-state index contributed by atoms with van der Waals surface area (Å²) in [6.45, 7) is 9.22. The van der Waals surface area contributed by atoms with E-state index in [0.29, 0.717) is 26.2 Å². The summed E-state index contributed by atoms with van der Waals surface area (Å²) >= 11 is 0. The predicted molar refractivity (Wildman–Crippen MR) is 68.2 cm³/mol. The molecule has 1 saturated heterocycles. The van der Waals surface area contributed by atoms with Crippen LogP contribution in [0, 0.1) is 0 Å². The molecule has 6 heteroatoms. The Morgan fingerprint density at radius 1 is 1.33 bits per heavy atom. The molecular formula is C12H23N3O3. The lowest BCUT2D eigenvalue weighted by Gasteiger charge is -2.28. The molecule has 18 heavy (non-hydrogen) atoms. The van der Waals surface area contributed by atoms with Gasteiger partial charge in [-0.05, 0) is 20.8 Å². The molecule has 0 saturated carbocycles. The van der Waals surface area contributed by atoms with Crippen molar-refractivity contribution in [2.24, 2.45) is 0 Å². The number of carbonyl (C=O) groups is 2. The molecule has 0 aromatic carbocycles. The monoisotopic (exact) mass is 257 g/mol. The summed E-state index contributed by atoms with van der Waals surface area (Å²) < 4.78 is 5.46. The fourth-order valence-electron chi connectivity index (χ4n) is 1.82. The van der Waals surface area contributed by atoms with Crippen LogP contribution >= 0.6 is 0 Å². The summed E-state index contributed by atoms with van der Waals surface area (Å²) in [6.07, 6.45) is 0. The third-order valence-corrected chi connectivity index (χ3v) is 2.81. The minimum Gasteiger partial charge on any atom is -0.374 e. The van der Waals surface area contributed by atoms with Crippen LogP contribution in [0.15, 0.2) is 0 Å². The number of amides is 2. The Bertz CT molecular complexity index is 299. The summed E-state index contributed by atoms with van der Waals surface area (Å²) in [5.74, 6) is -1.01. The molecule has 2 N–H and O–H groups in total. The first-order valence-corrected chi connectivity index (χ1v) is 6.38. The van der Waals surface area contributed by atoms with E-state index in [2.05, 4.69) is 10.6 Å². The first-order chi connectivity index (χ1) is 8.46. The maximum atomic E-state index is 11.8. The van der Waals surface area contributed by atoms with Crippen LogP contribution < -0.4 is 10.6 Å². The van der Waals surface area contributed by atoms with Crippen molar-refractivity contribution in [1.29, 1.82) is 0 Å². The Labute approximate surface area is 108 Å². The maximum Gasteiger partial charge on any atom is 0.311 e. The summed E-state index contributed by atoms with van der Waals surface area (Å²) in [5, 5.41) is 5.77. The van der Waals surface area contributed by atoms with E-state index >= 15 is 0 Å². The number of rotatable bonds is 4. The van der Waals surface area contributed by atoms with Crippen LogP contribution in [-0.4, -0.2) is 61.6 Å². The Morgan fingerprint density at radius 2 is 1.94 bits per heavy atom. The summed E-state index contributed by atoms with van der Waals surface area (Å²) in [5.41, 5.74) is -0.450. The Balaban J connectivity index is 2.37. The van der Waals surface area contributed by atoms with Gasteiger partial charge in [-0.3, -0.25) is 9.59 Å². The number of nitrogens with zero attached hydrogens (tertiary/aromatic N) is 1. The van der Waals surface area contributed by atoms with Crippen LogP contribution in [0.3, 0.4) is 0 Å². The van der Waals surface area contributed by atoms with Gasteiger partial charge in [0, 0.05) is 39.3 Å². The van der Waals surface area contributed by atoms with E-state index in [9.17, 15) is 9.59 Å². The van der Waals surface area contributed by atoms with Crippen molar-refractivity contribution >= 4 is 11.8 Å². The lowest BCUT2D eigenvalue weighted by Crippen LogP contribution is -2.52. The molecule has 1 fully saturated rings. The van der Waals surface area contributed by atoms with Gasteiger partial charge in [0.25, 0.3) is 0 Å². The van der Waals surface area contributed by atoms with E-state index in [1.165, 1.54) is 0 Å². The second-order valence-corrected chi connectivity index (χ2v) is 4.92. The molecule has 6 nitrogen and oxygen atoms in total. The van der Waals surface area contributed by atoms with Gasteiger partial charge >= 0.3 is 11.8 Å². The van der Waals surface area contributed by atoms with Gasteiger partial charge in [-0.2, -0.15) is 0 Å². The van der Waals surface area contributed by atoms with E-state index < -0.39 is 17.4 Å². The zero-order chi connectivity index (χ0) is 13.6. The van der Waals surface area contributed by atoms with Gasteiger partial charge in [0.2, 0.25) is 0 Å². The molecule has 0 aromatic rings. The van der Waals surface area contributed by atoms with Crippen LogP contribution in [0.2, 0.25) is 0 Å². The highest BCUT2D eigenvalue weighted by Gasteiger charge is 2.25. The molecule has 0 aromatic heterocycles. The second-order valence-electron chi connectivity index (χ2n) is 4.92. The van der Waals surface area contributed by atoms with Gasteiger partial charge in [0.05, 0.1) is 5.60 Å². The quantitative estimate of drug-likeness (QED) is 0.657. The lowest BCUT2D eigenvalue weighted by molar-refractivity contribution is -0.146. The van der Waals surface area contributed by atoms with Gasteiger partial charge in [0.1, 0.15) is 0 Å². The molecule has 1 heterocycles. The van der Waals surface area contributed by atoms with Gasteiger partial charge in [0.15, 0.2) is 0 Å². The van der Waals surface area contributed by atoms with E-state index in [4.69, 9.17) is 4.74 Å². The smallest absolute Gasteiger partial charge is 0.311 e. The third-order valence-electron chi connectivity index (χ3n) is 2.81. The van der Waals surface area contributed by atoms with Crippen molar-refractivity contribution in [2.45, 2.75) is 26.4 Å². The van der Waals surface area contributed by atoms with Crippen molar-refractivity contribution in [3.05, 3.63) is 0 Å². The zero-order valence-corrected chi connectivity index (χ0v) is 11.4. The van der Waals surface area contributed by atoms with Crippen LogP contribution in [-0.2, 0) is 14.3 Å². The van der Waals surface area contributed by atoms with Crippen LogP contribution in [0.5, 0.6) is 0 Å². The van der Waals surface area contributed by atoms with Crippen molar-refractivity contribution in [3.63, 3.8) is 0 Å². The van der Waals surface area contributed by atoms with Crippen molar-refractivity contribution < 1.29 is 14.3 Å². The molecule has 0 spiro atoms. The van der Waals surface area contributed by atoms with Crippen LogP contribution in [0.1, 0.15) is 20.8 Å². The highest BCUT2D eigenvalue weighted by molar-refractivity contribution is 6.35. The molecule has 1 rings (SSSR count). The van der Waals surface area contributed by atoms with E-state index in [0.717, 1.165) is 13.1 Å². The SMILES string of the molecule is CCOC(C)(C)CNC(=O)C(=O)N1CCNCC1. The molecule has 0 unspecified atom stereocenters. The Hall–Kier alpha value is -1.14. The van der Waals surface area contributed by atoms with Crippen molar-refractivity contribution in [2.75, 3.05) is 39.3 Å². The minimum absolute atomic E-state index is 0.331. The fraction of sp³-hybridized carbons (Fsp3) is 0.833. The number of hydrogen-bond acceptors (Lipinski definition) is 4. The lowest BCUT2D eigenvalue weighted by atomic mass is 10.1. The van der Waals surface area contributed by atoms with Crippen LogP contribution in [0.25, 0.3) is 0 Å². The highest BCUT2D eigenvalue weighted by Crippen LogP contribution is 2.06. The van der Waals surface area contributed by atoms with Gasteiger partial charge in [-0.15, -0.1) is 0 Å². The number of carbonyl (C=O) groups excluding carboxylic acids is 2. The molecule has 1 aliphatic heterocycles. The number of nitrogens with one attached hydrogen (secondary N) is 2. The molecule has 0 radical (unpaired) electrons. The van der Waals surface area contributed by atoms with Gasteiger partial charge in [-0.1, -0.05) is 0 Å². The largest absolute Gasteiger partial charge is 0.374 e. The van der Waals surface area contributed by atoms with Crippen molar-refractivity contribution in [1.82, 2.24) is 15.5 Å². The van der Waals surface area contributed by atoms with Gasteiger partial charge in [-0.25, -0.2) is 0 Å². The standard InChI is InChI=1S/C12H23N3O3/c1-4-18-12(2,3)9-14-10(16)11(17)15-7-5-13-6-8-15/h13H,4-9H2,1-3H3,(H,14,16).